The number of amides is 1. The normalized spacial score (nSPS) is 11.9. The van der Waals surface area contributed by atoms with Gasteiger partial charge in [0.2, 0.25) is 0 Å². The first-order valence-electron chi connectivity index (χ1n) is 6.61. The first kappa shape index (κ1) is 14.5. The molecule has 20 heavy (non-hydrogen) atoms. The zero-order valence-electron chi connectivity index (χ0n) is 11.3. The molecule has 2 rings (SSSR count). The minimum atomic E-state index is -0.177. The Morgan fingerprint density at radius 2 is 2.05 bits per heavy atom. The monoisotopic (exact) mass is 288 g/mol. The summed E-state index contributed by atoms with van der Waals surface area (Å²) < 4.78 is 0. The Hall–Kier alpha value is -1.87. The van der Waals surface area contributed by atoms with Crippen LogP contribution in [0.25, 0.3) is 0 Å². The van der Waals surface area contributed by atoms with Gasteiger partial charge in [-0.3, -0.25) is 9.78 Å². The van der Waals surface area contributed by atoms with Gasteiger partial charge in [0, 0.05) is 18.9 Å². The summed E-state index contributed by atoms with van der Waals surface area (Å²) in [5.41, 5.74) is 1.70. The van der Waals surface area contributed by atoms with Gasteiger partial charge in [-0.25, -0.2) is 0 Å². The number of carbonyl (C=O) groups excluding carboxylic acids is 1. The molecule has 0 saturated heterocycles. The lowest BCUT2D eigenvalue weighted by Crippen LogP contribution is -2.25. The maximum atomic E-state index is 11.9. The number of aromatic nitrogens is 1. The molecule has 1 heterocycles. The van der Waals surface area contributed by atoms with Crippen LogP contribution in [0.15, 0.2) is 48.8 Å². The predicted molar refractivity (Wildman–Crippen MR) is 81.1 cm³/mol. The largest absolute Gasteiger partial charge is 0.352 e. The van der Waals surface area contributed by atoms with E-state index in [0.717, 1.165) is 6.42 Å². The second kappa shape index (κ2) is 7.06. The molecule has 0 aliphatic carbocycles. The van der Waals surface area contributed by atoms with Gasteiger partial charge in [0.1, 0.15) is 0 Å². The van der Waals surface area contributed by atoms with E-state index in [2.05, 4.69) is 29.4 Å². The lowest BCUT2D eigenvalue weighted by atomic mass is 9.98. The fraction of sp³-hybridized carbons (Fsp3) is 0.250. The summed E-state index contributed by atoms with van der Waals surface area (Å²) in [7, 11) is 0. The second-order valence-corrected chi connectivity index (χ2v) is 5.12. The van der Waals surface area contributed by atoms with Crippen LogP contribution in [0, 0.1) is 0 Å². The molecule has 2 aromatic rings. The number of nitrogens with zero attached hydrogens (tertiary/aromatic N) is 1. The lowest BCUT2D eigenvalue weighted by molar-refractivity contribution is 0.0952. The summed E-state index contributed by atoms with van der Waals surface area (Å²) >= 11 is 5.96. The molecule has 1 aromatic heterocycles. The number of pyridine rings is 1. The topological polar surface area (TPSA) is 42.0 Å². The molecular formula is C16H17ClN2O. The molecule has 0 aliphatic rings. The molecule has 0 fully saturated rings. The van der Waals surface area contributed by atoms with Crippen LogP contribution in [0.5, 0.6) is 0 Å². The average molecular weight is 289 g/mol. The average Bonchev–Trinajstić information content (AvgIpc) is 2.48. The Bertz CT molecular complexity index is 572. The molecule has 4 heteroatoms. The minimum Gasteiger partial charge on any atom is -0.352 e. The number of hydrogen-bond acceptors (Lipinski definition) is 2. The van der Waals surface area contributed by atoms with E-state index in [1.807, 2.05) is 18.2 Å². The third kappa shape index (κ3) is 3.81. The van der Waals surface area contributed by atoms with Crippen LogP contribution in [-0.2, 0) is 0 Å². The van der Waals surface area contributed by atoms with Crippen molar-refractivity contribution in [2.45, 2.75) is 19.3 Å². The summed E-state index contributed by atoms with van der Waals surface area (Å²) in [5, 5.41) is 3.30. The molecule has 1 amide bonds. The van der Waals surface area contributed by atoms with Crippen LogP contribution >= 0.6 is 11.6 Å². The first-order chi connectivity index (χ1) is 9.68. The van der Waals surface area contributed by atoms with Crippen molar-refractivity contribution in [2.75, 3.05) is 6.54 Å². The fourth-order valence-electron chi connectivity index (χ4n) is 1.99. The molecule has 0 saturated carbocycles. The standard InChI is InChI=1S/C16H17ClN2O/c1-12(13-5-3-2-4-6-13)7-10-19-16(20)14-11-18-9-8-15(14)17/h2-6,8-9,11-12H,7,10H2,1H3,(H,19,20). The van der Waals surface area contributed by atoms with E-state index in [-0.39, 0.29) is 5.91 Å². The summed E-state index contributed by atoms with van der Waals surface area (Å²) in [4.78, 5) is 15.9. The molecule has 104 valence electrons. The molecule has 1 unspecified atom stereocenters. The van der Waals surface area contributed by atoms with Crippen molar-refractivity contribution >= 4 is 17.5 Å². The van der Waals surface area contributed by atoms with Gasteiger partial charge >= 0.3 is 0 Å². The van der Waals surface area contributed by atoms with E-state index in [1.54, 1.807) is 12.3 Å². The summed E-state index contributed by atoms with van der Waals surface area (Å²) in [5.74, 6) is 0.226. The Kier molecular flexibility index (Phi) is 5.13. The van der Waals surface area contributed by atoms with E-state index in [0.29, 0.717) is 23.0 Å². The van der Waals surface area contributed by atoms with Gasteiger partial charge in [-0.05, 0) is 24.0 Å². The maximum absolute atomic E-state index is 11.9. The maximum Gasteiger partial charge on any atom is 0.254 e. The smallest absolute Gasteiger partial charge is 0.254 e. The van der Waals surface area contributed by atoms with E-state index in [4.69, 9.17) is 11.6 Å². The van der Waals surface area contributed by atoms with Crippen molar-refractivity contribution in [2.24, 2.45) is 0 Å². The summed E-state index contributed by atoms with van der Waals surface area (Å²) in [6, 6.07) is 11.9. The van der Waals surface area contributed by atoms with Crippen LogP contribution in [-0.4, -0.2) is 17.4 Å². The Morgan fingerprint density at radius 1 is 1.30 bits per heavy atom. The molecule has 0 radical (unpaired) electrons. The Morgan fingerprint density at radius 3 is 2.75 bits per heavy atom. The third-order valence-electron chi connectivity index (χ3n) is 3.24. The highest BCUT2D eigenvalue weighted by atomic mass is 35.5. The van der Waals surface area contributed by atoms with Crippen molar-refractivity contribution in [1.82, 2.24) is 10.3 Å². The molecule has 0 aliphatic heterocycles. The zero-order valence-corrected chi connectivity index (χ0v) is 12.1. The molecule has 1 aromatic carbocycles. The fourth-order valence-corrected chi connectivity index (χ4v) is 2.18. The number of halogens is 1. The number of carbonyl (C=O) groups is 1. The van der Waals surface area contributed by atoms with Gasteiger partial charge in [0.05, 0.1) is 10.6 Å². The van der Waals surface area contributed by atoms with Gasteiger partial charge in [0.25, 0.3) is 5.91 Å². The zero-order chi connectivity index (χ0) is 14.4. The van der Waals surface area contributed by atoms with Crippen molar-refractivity contribution in [3.63, 3.8) is 0 Å². The van der Waals surface area contributed by atoms with Crippen molar-refractivity contribution in [3.8, 4) is 0 Å². The Balaban J connectivity index is 1.84. The van der Waals surface area contributed by atoms with Crippen molar-refractivity contribution < 1.29 is 4.79 Å². The highest BCUT2D eigenvalue weighted by Crippen LogP contribution is 2.18. The molecule has 1 atom stereocenters. The minimum absolute atomic E-state index is 0.177. The predicted octanol–water partition coefficient (Wildman–Crippen LogP) is 3.66. The van der Waals surface area contributed by atoms with Gasteiger partial charge < -0.3 is 5.32 Å². The SMILES string of the molecule is CC(CCNC(=O)c1cnccc1Cl)c1ccccc1. The number of hydrogen-bond donors (Lipinski definition) is 1. The third-order valence-corrected chi connectivity index (χ3v) is 3.57. The number of rotatable bonds is 5. The highest BCUT2D eigenvalue weighted by Gasteiger charge is 2.10. The van der Waals surface area contributed by atoms with Crippen molar-refractivity contribution in [3.05, 3.63) is 64.9 Å². The van der Waals surface area contributed by atoms with E-state index in [1.165, 1.54) is 11.8 Å². The number of benzene rings is 1. The van der Waals surface area contributed by atoms with Crippen LogP contribution < -0.4 is 5.32 Å². The lowest BCUT2D eigenvalue weighted by Gasteiger charge is -2.12. The summed E-state index contributed by atoms with van der Waals surface area (Å²) in [6.45, 7) is 2.76. The molecular weight excluding hydrogens is 272 g/mol. The van der Waals surface area contributed by atoms with Gasteiger partial charge in [0.15, 0.2) is 0 Å². The molecule has 0 spiro atoms. The van der Waals surface area contributed by atoms with Crippen LogP contribution in [0.1, 0.15) is 35.2 Å². The quantitative estimate of drug-likeness (QED) is 0.912. The molecule has 1 N–H and O–H groups in total. The van der Waals surface area contributed by atoms with Crippen molar-refractivity contribution in [1.29, 1.82) is 0 Å². The highest BCUT2D eigenvalue weighted by molar-refractivity contribution is 6.33. The van der Waals surface area contributed by atoms with Gasteiger partial charge in [-0.2, -0.15) is 0 Å². The van der Waals surface area contributed by atoms with Crippen LogP contribution in [0.3, 0.4) is 0 Å². The van der Waals surface area contributed by atoms with Crippen LogP contribution in [0.4, 0.5) is 0 Å². The summed E-state index contributed by atoms with van der Waals surface area (Å²) in [6.07, 6.45) is 3.93. The van der Waals surface area contributed by atoms with E-state index in [9.17, 15) is 4.79 Å². The van der Waals surface area contributed by atoms with E-state index < -0.39 is 0 Å². The molecule has 0 bridgehead atoms. The van der Waals surface area contributed by atoms with Gasteiger partial charge in [-0.15, -0.1) is 0 Å². The Labute approximate surface area is 124 Å². The van der Waals surface area contributed by atoms with Gasteiger partial charge in [-0.1, -0.05) is 48.9 Å². The van der Waals surface area contributed by atoms with E-state index >= 15 is 0 Å². The molecule has 3 nitrogen and oxygen atoms in total. The number of nitrogens with one attached hydrogen (secondary N) is 1. The van der Waals surface area contributed by atoms with Crippen LogP contribution in [0.2, 0.25) is 5.02 Å². The first-order valence-corrected chi connectivity index (χ1v) is 6.99. The second-order valence-electron chi connectivity index (χ2n) is 4.71.